The molecule has 0 aliphatic rings. The van der Waals surface area contributed by atoms with E-state index >= 15 is 0 Å². The van der Waals surface area contributed by atoms with Crippen LogP contribution in [-0.2, 0) is 0 Å². The Morgan fingerprint density at radius 3 is 1.17 bits per heavy atom. The third kappa shape index (κ3) is 2.25. The van der Waals surface area contributed by atoms with Gasteiger partial charge in [0.25, 0.3) is 0 Å². The molecule has 6 rings (SSSR count). The monoisotopic (exact) mass is 388 g/mol. The molecule has 0 atom stereocenters. The average Bonchev–Trinajstić information content (AvgIpc) is 2.83. The van der Waals surface area contributed by atoms with Gasteiger partial charge in [0.2, 0.25) is 0 Å². The molecule has 2 heteroatoms. The van der Waals surface area contributed by atoms with Crippen molar-refractivity contribution in [2.75, 3.05) is 14.2 Å². The summed E-state index contributed by atoms with van der Waals surface area (Å²) in [6.07, 6.45) is 0. The summed E-state index contributed by atoms with van der Waals surface area (Å²) in [5.41, 5.74) is 0. The van der Waals surface area contributed by atoms with Crippen LogP contribution in [0.2, 0.25) is 0 Å². The van der Waals surface area contributed by atoms with Gasteiger partial charge in [0.05, 0.1) is 14.2 Å². The van der Waals surface area contributed by atoms with Crippen LogP contribution in [0.25, 0.3) is 53.9 Å². The van der Waals surface area contributed by atoms with Crippen LogP contribution in [0.15, 0.2) is 84.9 Å². The molecule has 144 valence electrons. The number of benzene rings is 6. The smallest absolute Gasteiger partial charge is 0.119 e. The normalized spacial score (nSPS) is 11.7. The third-order valence-electron chi connectivity index (χ3n) is 6.22. The molecule has 0 fully saturated rings. The number of ether oxygens (including phenoxy) is 2. The van der Waals surface area contributed by atoms with Gasteiger partial charge in [-0.05, 0) is 78.1 Å². The maximum atomic E-state index is 5.55. The summed E-state index contributed by atoms with van der Waals surface area (Å²) in [5.74, 6) is 1.75. The second-order valence-corrected chi connectivity index (χ2v) is 7.66. The Labute approximate surface area is 174 Å². The lowest BCUT2D eigenvalue weighted by Crippen LogP contribution is -1.90. The highest BCUT2D eigenvalue weighted by atomic mass is 16.5. The van der Waals surface area contributed by atoms with Crippen LogP contribution in [0, 0.1) is 0 Å². The second kappa shape index (κ2) is 6.36. The Morgan fingerprint density at radius 1 is 0.400 bits per heavy atom. The highest BCUT2D eigenvalue weighted by Gasteiger charge is 2.16. The summed E-state index contributed by atoms with van der Waals surface area (Å²) in [6.45, 7) is 0. The maximum Gasteiger partial charge on any atom is 0.119 e. The van der Waals surface area contributed by atoms with Gasteiger partial charge in [0.1, 0.15) is 11.5 Å². The molecule has 0 aromatic heterocycles. The molecule has 0 amide bonds. The first-order valence-corrected chi connectivity index (χ1v) is 10.1. The van der Waals surface area contributed by atoms with Gasteiger partial charge < -0.3 is 9.47 Å². The Balaban J connectivity index is 2.02. The zero-order valence-electron chi connectivity index (χ0n) is 16.9. The highest BCUT2D eigenvalue weighted by molar-refractivity contribution is 6.39. The van der Waals surface area contributed by atoms with Gasteiger partial charge in [-0.25, -0.2) is 0 Å². The van der Waals surface area contributed by atoms with Crippen molar-refractivity contribution in [2.24, 2.45) is 0 Å². The number of hydrogen-bond acceptors (Lipinski definition) is 2. The zero-order valence-corrected chi connectivity index (χ0v) is 16.9. The van der Waals surface area contributed by atoms with E-state index in [0.29, 0.717) is 0 Å². The third-order valence-corrected chi connectivity index (χ3v) is 6.22. The Hall–Kier alpha value is -3.78. The van der Waals surface area contributed by atoms with Crippen LogP contribution in [0.4, 0.5) is 0 Å². The first kappa shape index (κ1) is 17.1. The molecular weight excluding hydrogens is 368 g/mol. The Bertz CT molecular complexity index is 1490. The number of fused-ring (bicyclic) bond motifs is 11. The van der Waals surface area contributed by atoms with E-state index in [2.05, 4.69) is 84.9 Å². The minimum atomic E-state index is 0.877. The van der Waals surface area contributed by atoms with Gasteiger partial charge in [0, 0.05) is 0 Å². The van der Waals surface area contributed by atoms with Gasteiger partial charge in [-0.1, -0.05) is 60.7 Å². The van der Waals surface area contributed by atoms with Crippen LogP contribution >= 0.6 is 0 Å². The van der Waals surface area contributed by atoms with Crippen LogP contribution in [0.3, 0.4) is 0 Å². The molecule has 0 spiro atoms. The Kier molecular flexibility index (Phi) is 3.63. The van der Waals surface area contributed by atoms with Crippen molar-refractivity contribution in [1.82, 2.24) is 0 Å². The van der Waals surface area contributed by atoms with Gasteiger partial charge in [-0.3, -0.25) is 0 Å². The standard InChI is InChI=1S/C28H20O2/c1-29-17-11-13-23-25(15-17)19-7-3-5-9-21(19)28-24-14-12-18(30-2)16-26(24)20-8-4-6-10-22(20)27(23)28/h3-16H,1-2H3. The molecule has 0 saturated carbocycles. The van der Waals surface area contributed by atoms with Crippen LogP contribution in [-0.4, -0.2) is 14.2 Å². The minimum Gasteiger partial charge on any atom is -0.497 e. The van der Waals surface area contributed by atoms with Gasteiger partial charge >= 0.3 is 0 Å². The first-order chi connectivity index (χ1) is 14.8. The molecule has 0 radical (unpaired) electrons. The Morgan fingerprint density at radius 2 is 0.767 bits per heavy atom. The average molecular weight is 388 g/mol. The molecule has 0 unspecified atom stereocenters. The number of hydrogen-bond donors (Lipinski definition) is 0. The van der Waals surface area contributed by atoms with Crippen LogP contribution < -0.4 is 9.47 Å². The van der Waals surface area contributed by atoms with E-state index in [1.807, 2.05) is 0 Å². The fraction of sp³-hybridized carbons (Fsp3) is 0.0714. The largest absolute Gasteiger partial charge is 0.497 e. The van der Waals surface area contributed by atoms with E-state index in [9.17, 15) is 0 Å². The molecule has 6 aromatic carbocycles. The van der Waals surface area contributed by atoms with E-state index < -0.39 is 0 Å². The summed E-state index contributed by atoms with van der Waals surface area (Å²) < 4.78 is 11.1. The van der Waals surface area contributed by atoms with Gasteiger partial charge in [0.15, 0.2) is 0 Å². The molecule has 2 nitrogen and oxygen atoms in total. The first-order valence-electron chi connectivity index (χ1n) is 10.1. The zero-order chi connectivity index (χ0) is 20.2. The predicted octanol–water partition coefficient (Wildman–Crippen LogP) is 7.47. The van der Waals surface area contributed by atoms with Crippen molar-refractivity contribution in [3.8, 4) is 11.5 Å². The van der Waals surface area contributed by atoms with Crippen molar-refractivity contribution >= 4 is 53.9 Å². The van der Waals surface area contributed by atoms with E-state index in [0.717, 1.165) is 11.5 Å². The maximum absolute atomic E-state index is 5.55. The summed E-state index contributed by atoms with van der Waals surface area (Å²) in [5, 5.41) is 12.5. The predicted molar refractivity (Wildman–Crippen MR) is 127 cm³/mol. The van der Waals surface area contributed by atoms with E-state index in [1.165, 1.54) is 53.9 Å². The minimum absolute atomic E-state index is 0.877. The van der Waals surface area contributed by atoms with Gasteiger partial charge in [-0.2, -0.15) is 0 Å². The summed E-state index contributed by atoms with van der Waals surface area (Å²) >= 11 is 0. The van der Waals surface area contributed by atoms with Crippen molar-refractivity contribution in [3.05, 3.63) is 84.9 Å². The lowest BCUT2D eigenvalue weighted by atomic mass is 9.87. The molecule has 0 bridgehead atoms. The molecule has 0 aliphatic carbocycles. The SMILES string of the molecule is COc1ccc2c(c1)c1ccccc1c1c3ccc(OC)cc3c3ccccc3c21. The fourth-order valence-electron chi connectivity index (χ4n) is 4.88. The molecule has 0 aliphatic heterocycles. The molecule has 0 N–H and O–H groups in total. The highest BCUT2D eigenvalue weighted by Crippen LogP contribution is 2.44. The molecule has 0 saturated heterocycles. The summed E-state index contributed by atoms with van der Waals surface area (Å²) in [4.78, 5) is 0. The van der Waals surface area contributed by atoms with E-state index in [1.54, 1.807) is 14.2 Å². The van der Waals surface area contributed by atoms with Crippen LogP contribution in [0.5, 0.6) is 11.5 Å². The molecule has 6 aromatic rings. The van der Waals surface area contributed by atoms with E-state index in [-0.39, 0.29) is 0 Å². The molecule has 30 heavy (non-hydrogen) atoms. The molecular formula is C28H20O2. The number of rotatable bonds is 2. The van der Waals surface area contributed by atoms with E-state index in [4.69, 9.17) is 9.47 Å². The van der Waals surface area contributed by atoms with Crippen molar-refractivity contribution < 1.29 is 9.47 Å². The fourth-order valence-corrected chi connectivity index (χ4v) is 4.88. The van der Waals surface area contributed by atoms with Crippen molar-refractivity contribution in [3.63, 3.8) is 0 Å². The second-order valence-electron chi connectivity index (χ2n) is 7.66. The van der Waals surface area contributed by atoms with Gasteiger partial charge in [-0.15, -0.1) is 0 Å². The summed E-state index contributed by atoms with van der Waals surface area (Å²) in [6, 6.07) is 30.2. The van der Waals surface area contributed by atoms with Crippen molar-refractivity contribution in [2.45, 2.75) is 0 Å². The lowest BCUT2D eigenvalue weighted by molar-refractivity contribution is 0.415. The molecule has 0 heterocycles. The van der Waals surface area contributed by atoms with Crippen molar-refractivity contribution in [1.29, 1.82) is 0 Å². The lowest BCUT2D eigenvalue weighted by Gasteiger charge is -2.17. The van der Waals surface area contributed by atoms with Crippen LogP contribution in [0.1, 0.15) is 0 Å². The quantitative estimate of drug-likeness (QED) is 0.286. The summed E-state index contributed by atoms with van der Waals surface area (Å²) in [7, 11) is 3.45. The number of methoxy groups -OCH3 is 2. The topological polar surface area (TPSA) is 18.5 Å².